The molecule has 0 bridgehead atoms. The average Bonchev–Trinajstić information content (AvgIpc) is 2.83. The summed E-state index contributed by atoms with van der Waals surface area (Å²) < 4.78 is 39.5. The molecule has 2 aromatic rings. The Morgan fingerprint density at radius 2 is 2.09 bits per heavy atom. The number of hydrogen-bond acceptors (Lipinski definition) is 2. The minimum Gasteiger partial charge on any atom is -0.340 e. The van der Waals surface area contributed by atoms with Gasteiger partial charge in [-0.25, -0.2) is 0 Å². The molecule has 0 aliphatic rings. The van der Waals surface area contributed by atoms with Gasteiger partial charge in [-0.2, -0.15) is 18.3 Å². The van der Waals surface area contributed by atoms with E-state index in [1.807, 2.05) is 6.92 Å². The molecule has 0 fully saturated rings. The van der Waals surface area contributed by atoms with E-state index in [-0.39, 0.29) is 19.0 Å². The molecule has 0 unspecified atom stereocenters. The van der Waals surface area contributed by atoms with Crippen LogP contribution in [-0.4, -0.2) is 27.6 Å². The Kier molecular flexibility index (Phi) is 4.54. The van der Waals surface area contributed by atoms with Gasteiger partial charge < -0.3 is 4.90 Å². The second-order valence-corrected chi connectivity index (χ2v) is 5.16. The normalized spacial score (nSPS) is 11.5. The van der Waals surface area contributed by atoms with E-state index in [2.05, 4.69) is 5.10 Å². The van der Waals surface area contributed by atoms with Gasteiger partial charge in [-0.05, 0) is 30.2 Å². The van der Waals surface area contributed by atoms with Gasteiger partial charge in [0, 0.05) is 19.8 Å². The van der Waals surface area contributed by atoms with E-state index in [9.17, 15) is 18.0 Å². The second kappa shape index (κ2) is 6.21. The van der Waals surface area contributed by atoms with Crippen molar-refractivity contribution in [2.24, 2.45) is 0 Å². The van der Waals surface area contributed by atoms with Crippen molar-refractivity contribution in [3.63, 3.8) is 0 Å². The van der Waals surface area contributed by atoms with E-state index in [0.717, 1.165) is 17.7 Å². The minimum atomic E-state index is -4.38. The van der Waals surface area contributed by atoms with Crippen LogP contribution >= 0.6 is 0 Å². The summed E-state index contributed by atoms with van der Waals surface area (Å²) in [5, 5.41) is 4.01. The minimum absolute atomic E-state index is 0.0588. The van der Waals surface area contributed by atoms with Crippen LogP contribution in [0.3, 0.4) is 0 Å². The zero-order valence-corrected chi connectivity index (χ0v) is 12.3. The molecule has 0 radical (unpaired) electrons. The molecular weight excluding hydrogens is 295 g/mol. The smallest absolute Gasteiger partial charge is 0.340 e. The Bertz CT molecular complexity index is 664. The van der Waals surface area contributed by atoms with Crippen LogP contribution in [0.4, 0.5) is 13.2 Å². The van der Waals surface area contributed by atoms with Crippen molar-refractivity contribution in [2.75, 3.05) is 7.05 Å². The van der Waals surface area contributed by atoms with Gasteiger partial charge in [0.1, 0.15) is 6.54 Å². The molecule has 0 aliphatic carbocycles. The van der Waals surface area contributed by atoms with Crippen LogP contribution in [0.5, 0.6) is 0 Å². The van der Waals surface area contributed by atoms with E-state index >= 15 is 0 Å². The Hall–Kier alpha value is -2.31. The van der Waals surface area contributed by atoms with Crippen molar-refractivity contribution in [1.29, 1.82) is 0 Å². The number of alkyl halides is 3. The molecule has 1 aromatic carbocycles. The number of benzene rings is 1. The highest BCUT2D eigenvalue weighted by Crippen LogP contribution is 2.29. The number of nitrogens with zero attached hydrogens (tertiary/aromatic N) is 3. The van der Waals surface area contributed by atoms with Gasteiger partial charge in [-0.15, -0.1) is 0 Å². The lowest BCUT2D eigenvalue weighted by Gasteiger charge is -2.18. The molecule has 0 N–H and O–H groups in total. The fourth-order valence-electron chi connectivity index (χ4n) is 2.02. The SMILES string of the molecule is Cc1cnn(CC(=O)N(C)Cc2cccc(C(F)(F)F)c2)c1. The van der Waals surface area contributed by atoms with E-state index in [1.165, 1.54) is 15.6 Å². The third kappa shape index (κ3) is 4.09. The second-order valence-electron chi connectivity index (χ2n) is 5.16. The lowest BCUT2D eigenvalue weighted by atomic mass is 10.1. The number of carbonyl (C=O) groups excluding carboxylic acids is 1. The third-order valence-corrected chi connectivity index (χ3v) is 3.16. The maximum Gasteiger partial charge on any atom is 0.416 e. The van der Waals surface area contributed by atoms with Crippen molar-refractivity contribution in [3.8, 4) is 0 Å². The van der Waals surface area contributed by atoms with Crippen LogP contribution in [0.15, 0.2) is 36.7 Å². The van der Waals surface area contributed by atoms with Gasteiger partial charge in [-0.1, -0.05) is 12.1 Å². The first-order valence-corrected chi connectivity index (χ1v) is 6.65. The van der Waals surface area contributed by atoms with Gasteiger partial charge in [0.2, 0.25) is 5.91 Å². The van der Waals surface area contributed by atoms with E-state index in [1.54, 1.807) is 25.5 Å². The topological polar surface area (TPSA) is 38.1 Å². The summed E-state index contributed by atoms with van der Waals surface area (Å²) in [6, 6.07) is 4.98. The highest BCUT2D eigenvalue weighted by atomic mass is 19.4. The number of aryl methyl sites for hydroxylation is 1. The van der Waals surface area contributed by atoms with E-state index < -0.39 is 11.7 Å². The Balaban J connectivity index is 2.02. The van der Waals surface area contributed by atoms with Crippen molar-refractivity contribution < 1.29 is 18.0 Å². The molecule has 0 atom stereocenters. The van der Waals surface area contributed by atoms with Crippen molar-refractivity contribution in [3.05, 3.63) is 53.3 Å². The molecule has 0 saturated heterocycles. The Labute approximate surface area is 126 Å². The number of aromatic nitrogens is 2. The summed E-state index contributed by atoms with van der Waals surface area (Å²) in [5.74, 6) is -0.222. The van der Waals surface area contributed by atoms with E-state index in [0.29, 0.717) is 5.56 Å². The molecule has 1 aromatic heterocycles. The molecule has 2 rings (SSSR count). The highest BCUT2D eigenvalue weighted by Gasteiger charge is 2.30. The Morgan fingerprint density at radius 3 is 2.68 bits per heavy atom. The maximum absolute atomic E-state index is 12.7. The first-order chi connectivity index (χ1) is 10.3. The number of rotatable bonds is 4. The van der Waals surface area contributed by atoms with Gasteiger partial charge in [0.05, 0.1) is 11.8 Å². The molecule has 22 heavy (non-hydrogen) atoms. The van der Waals surface area contributed by atoms with Crippen LogP contribution in [0, 0.1) is 6.92 Å². The zero-order chi connectivity index (χ0) is 16.3. The summed E-state index contributed by atoms with van der Waals surface area (Å²) in [7, 11) is 1.55. The summed E-state index contributed by atoms with van der Waals surface area (Å²) in [4.78, 5) is 13.4. The first kappa shape index (κ1) is 16.1. The summed E-state index contributed by atoms with van der Waals surface area (Å²) in [5.41, 5.74) is 0.657. The van der Waals surface area contributed by atoms with Crippen LogP contribution < -0.4 is 0 Å². The van der Waals surface area contributed by atoms with Gasteiger partial charge >= 0.3 is 6.18 Å². The quantitative estimate of drug-likeness (QED) is 0.871. The number of carbonyl (C=O) groups is 1. The van der Waals surface area contributed by atoms with Crippen molar-refractivity contribution in [1.82, 2.24) is 14.7 Å². The number of hydrogen-bond donors (Lipinski definition) is 0. The number of likely N-dealkylation sites (N-methyl/N-ethyl adjacent to an activating group) is 1. The first-order valence-electron chi connectivity index (χ1n) is 6.65. The fraction of sp³-hybridized carbons (Fsp3) is 0.333. The molecule has 118 valence electrons. The monoisotopic (exact) mass is 311 g/mol. The summed E-state index contributed by atoms with van der Waals surface area (Å²) in [6.07, 6.45) is -1.01. The standard InChI is InChI=1S/C15H16F3N3O/c1-11-7-19-21(8-11)10-14(22)20(2)9-12-4-3-5-13(6-12)15(16,17)18/h3-8H,9-10H2,1-2H3. The largest absolute Gasteiger partial charge is 0.416 e. The lowest BCUT2D eigenvalue weighted by Crippen LogP contribution is -2.30. The van der Waals surface area contributed by atoms with Crippen molar-refractivity contribution in [2.45, 2.75) is 26.2 Å². The third-order valence-electron chi connectivity index (χ3n) is 3.16. The fourth-order valence-corrected chi connectivity index (χ4v) is 2.02. The molecule has 0 spiro atoms. The molecule has 7 heteroatoms. The molecule has 0 saturated carbocycles. The summed E-state index contributed by atoms with van der Waals surface area (Å²) in [6.45, 7) is 2.03. The lowest BCUT2D eigenvalue weighted by molar-refractivity contribution is -0.137. The molecule has 1 amide bonds. The van der Waals surface area contributed by atoms with Gasteiger partial charge in [0.25, 0.3) is 0 Å². The van der Waals surface area contributed by atoms with Crippen LogP contribution in [0.25, 0.3) is 0 Å². The predicted octanol–water partition coefficient (Wildman–Crippen LogP) is 2.87. The Morgan fingerprint density at radius 1 is 1.36 bits per heavy atom. The van der Waals surface area contributed by atoms with E-state index in [4.69, 9.17) is 0 Å². The highest BCUT2D eigenvalue weighted by molar-refractivity contribution is 5.75. The van der Waals surface area contributed by atoms with Gasteiger partial charge in [0.15, 0.2) is 0 Å². The molecule has 0 aliphatic heterocycles. The molecular formula is C15H16F3N3O. The van der Waals surface area contributed by atoms with Crippen LogP contribution in [-0.2, 0) is 24.1 Å². The van der Waals surface area contributed by atoms with Crippen molar-refractivity contribution >= 4 is 5.91 Å². The molecule has 4 nitrogen and oxygen atoms in total. The predicted molar refractivity (Wildman–Crippen MR) is 74.9 cm³/mol. The molecule has 1 heterocycles. The number of amides is 1. The van der Waals surface area contributed by atoms with Crippen LogP contribution in [0.1, 0.15) is 16.7 Å². The maximum atomic E-state index is 12.7. The summed E-state index contributed by atoms with van der Waals surface area (Å²) >= 11 is 0. The zero-order valence-electron chi connectivity index (χ0n) is 12.3. The van der Waals surface area contributed by atoms with Gasteiger partial charge in [-0.3, -0.25) is 9.48 Å². The number of halogens is 3. The average molecular weight is 311 g/mol. The van der Waals surface area contributed by atoms with Crippen LogP contribution in [0.2, 0.25) is 0 Å².